The van der Waals surface area contributed by atoms with Gasteiger partial charge in [0.25, 0.3) is 0 Å². The highest BCUT2D eigenvalue weighted by atomic mass is 35.5. The Labute approximate surface area is 471 Å². The third-order valence-corrected chi connectivity index (χ3v) is 16.0. The topological polar surface area (TPSA) is 212 Å². The van der Waals surface area contributed by atoms with Crippen LogP contribution in [0.2, 0.25) is 10.0 Å². The average Bonchev–Trinajstić information content (AvgIpc) is 4.05. The van der Waals surface area contributed by atoms with Gasteiger partial charge in [0.15, 0.2) is 11.5 Å². The normalized spacial score (nSPS) is 16.2. The number of unbranched alkanes of at least 4 members (excludes halogenated alkanes) is 6. The summed E-state index contributed by atoms with van der Waals surface area (Å²) in [6, 6.07) is 15.2. The zero-order chi connectivity index (χ0) is 55.9. The van der Waals surface area contributed by atoms with Crippen LogP contribution in [0.1, 0.15) is 108 Å². The Bertz CT molecular complexity index is 2920. The summed E-state index contributed by atoms with van der Waals surface area (Å²) in [7, 11) is 3.07. The van der Waals surface area contributed by atoms with Gasteiger partial charge in [-0.15, -0.1) is 11.3 Å². The van der Waals surface area contributed by atoms with Crippen LogP contribution in [0.15, 0.2) is 60.2 Å². The van der Waals surface area contributed by atoms with Gasteiger partial charge in [-0.05, 0) is 54.9 Å². The van der Waals surface area contributed by atoms with E-state index in [1.807, 2.05) is 62.4 Å². The van der Waals surface area contributed by atoms with Crippen LogP contribution >= 0.6 is 34.5 Å². The summed E-state index contributed by atoms with van der Waals surface area (Å²) in [5.74, 6) is 0.733. The summed E-state index contributed by atoms with van der Waals surface area (Å²) in [4.78, 5) is 69.5. The van der Waals surface area contributed by atoms with E-state index < -0.39 is 23.6 Å². The average molecular weight is 1130 g/mol. The highest BCUT2D eigenvalue weighted by molar-refractivity contribution is 7.13. The molecule has 418 valence electrons. The highest BCUT2D eigenvalue weighted by Gasteiger charge is 2.44. The molecule has 0 bridgehead atoms. The molecule has 78 heavy (non-hydrogen) atoms. The van der Waals surface area contributed by atoms with Crippen LogP contribution < -0.4 is 30.2 Å². The van der Waals surface area contributed by atoms with Crippen molar-refractivity contribution >= 4 is 80.4 Å². The van der Waals surface area contributed by atoms with Crippen molar-refractivity contribution in [2.75, 3.05) is 65.4 Å². The maximum atomic E-state index is 14.0. The fraction of sp³-hybridized carbons (Fsp3) is 0.500. The summed E-state index contributed by atoms with van der Waals surface area (Å²) in [6.07, 6.45) is 8.76. The number of amides is 4. The van der Waals surface area contributed by atoms with E-state index in [4.69, 9.17) is 37.4 Å². The Balaban J connectivity index is 0.749. The molecule has 2 fully saturated rings. The van der Waals surface area contributed by atoms with E-state index >= 15 is 0 Å². The molecule has 3 aromatic carbocycles. The zero-order valence-electron chi connectivity index (χ0n) is 45.6. The Morgan fingerprint density at radius 1 is 0.872 bits per heavy atom. The van der Waals surface area contributed by atoms with Crippen LogP contribution in [0.3, 0.4) is 0 Å². The van der Waals surface area contributed by atoms with Gasteiger partial charge in [0.1, 0.15) is 23.9 Å². The van der Waals surface area contributed by atoms with Gasteiger partial charge in [0, 0.05) is 88.8 Å². The monoisotopic (exact) mass is 1130 g/mol. The first-order valence-electron chi connectivity index (χ1n) is 26.9. The molecular formula is C58H73Cl2N9O8S. The number of thiazole rings is 1. The number of methoxy groups -OCH3 is 2. The van der Waals surface area contributed by atoms with Gasteiger partial charge in [-0.2, -0.15) is 5.26 Å². The summed E-state index contributed by atoms with van der Waals surface area (Å²) in [5, 5.41) is 31.1. The number of aliphatic hydroxyl groups is 1. The molecule has 4 N–H and O–H groups in total. The summed E-state index contributed by atoms with van der Waals surface area (Å²) in [5.41, 5.74) is 6.05. The minimum Gasteiger partial charge on any atom is -0.495 e. The first kappa shape index (κ1) is 59.4. The molecule has 0 radical (unpaired) electrons. The summed E-state index contributed by atoms with van der Waals surface area (Å²) >= 11 is 14.3. The molecule has 4 amide bonds. The van der Waals surface area contributed by atoms with Crippen LogP contribution in [-0.2, 0) is 25.7 Å². The second-order valence-electron chi connectivity index (χ2n) is 21.1. The number of nitrogens with zero attached hydrogens (tertiary/aromatic N) is 6. The predicted molar refractivity (Wildman–Crippen MR) is 306 cm³/mol. The minimum atomic E-state index is -0.866. The number of benzene rings is 3. The lowest BCUT2D eigenvalue weighted by Gasteiger charge is -2.35. The number of hydrogen-bond acceptors (Lipinski definition) is 14. The smallest absolute Gasteiger partial charge is 0.246 e. The molecule has 20 heteroatoms. The van der Waals surface area contributed by atoms with Gasteiger partial charge < -0.3 is 45.1 Å². The second kappa shape index (κ2) is 28.1. The van der Waals surface area contributed by atoms with Gasteiger partial charge in [0.2, 0.25) is 23.6 Å². The van der Waals surface area contributed by atoms with Crippen molar-refractivity contribution in [1.82, 2.24) is 35.3 Å². The molecule has 4 heterocycles. The SMILES string of the molecule is COc1cc(Nc2c(C#N)cnc3cc(OCCCN4CCN(C(=O)CCCCCCCCCC(=O)N[C@H](C(=O)N5CC(O)CC5C(=O)NCc5ccc(-c6scnc6C)cc5)C(C)(C)C)CC4)c(OC)cc23)c(Cl)cc1Cl. The van der Waals surface area contributed by atoms with Gasteiger partial charge in [0.05, 0.1) is 75.5 Å². The number of halogens is 2. The summed E-state index contributed by atoms with van der Waals surface area (Å²) < 4.78 is 17.3. The quantitative estimate of drug-likeness (QED) is 0.0402. The fourth-order valence-electron chi connectivity index (χ4n) is 9.92. The lowest BCUT2D eigenvalue weighted by atomic mass is 9.85. The van der Waals surface area contributed by atoms with Crippen molar-refractivity contribution in [3.63, 3.8) is 0 Å². The first-order valence-corrected chi connectivity index (χ1v) is 28.5. The van der Waals surface area contributed by atoms with Crippen LogP contribution in [0.25, 0.3) is 21.3 Å². The predicted octanol–water partition coefficient (Wildman–Crippen LogP) is 9.84. The first-order chi connectivity index (χ1) is 37.5. The number of aryl methyl sites for hydroxylation is 1. The third kappa shape index (κ3) is 15.7. The van der Waals surface area contributed by atoms with Gasteiger partial charge in [-0.1, -0.05) is 100 Å². The minimum absolute atomic E-state index is 0.0221. The van der Waals surface area contributed by atoms with Crippen molar-refractivity contribution < 1.29 is 38.5 Å². The number of pyridine rings is 1. The Hall–Kier alpha value is -6.23. The van der Waals surface area contributed by atoms with E-state index in [1.54, 1.807) is 42.7 Å². The molecule has 2 aliphatic heterocycles. The van der Waals surface area contributed by atoms with Crippen molar-refractivity contribution in [1.29, 1.82) is 5.26 Å². The molecule has 7 rings (SSSR count). The van der Waals surface area contributed by atoms with Gasteiger partial charge in [-0.25, -0.2) is 4.98 Å². The van der Waals surface area contributed by atoms with Crippen LogP contribution in [0, 0.1) is 23.7 Å². The van der Waals surface area contributed by atoms with Crippen LogP contribution in [0.5, 0.6) is 17.2 Å². The Morgan fingerprint density at radius 2 is 1.56 bits per heavy atom. The maximum Gasteiger partial charge on any atom is 0.246 e. The lowest BCUT2D eigenvalue weighted by Crippen LogP contribution is -2.57. The number of nitriles is 1. The molecule has 0 spiro atoms. The highest BCUT2D eigenvalue weighted by Crippen LogP contribution is 2.41. The number of likely N-dealkylation sites (tertiary alicyclic amines) is 1. The standard InChI is InChI=1S/C58H73Cl2N9O8S/c1-37-54(78-36-64-37)39-19-17-38(18-20-39)33-63-56(73)47-27-41(70)35-69(47)57(74)55(58(2,3)4)66-51(71)15-12-10-8-7-9-11-13-16-52(72)68-24-22-67(23-25-68)21-14-26-77-50-30-45-42(28-49(50)76-6)53(40(32-61)34-62-45)65-46-31-48(75-5)44(60)29-43(46)59/h17-20,28-31,34,36,41,47,55,70H,7-16,21-27,33,35H2,1-6H3,(H,62,65)(H,63,73)(H,66,71)/t41?,47?,55-/m1/s1. The molecule has 3 atom stereocenters. The van der Waals surface area contributed by atoms with Crippen LogP contribution in [0.4, 0.5) is 11.4 Å². The van der Waals surface area contributed by atoms with Crippen LogP contribution in [-0.4, -0.2) is 132 Å². The number of aliphatic hydroxyl groups excluding tert-OH is 1. The molecule has 2 saturated heterocycles. The number of hydrogen-bond donors (Lipinski definition) is 4. The summed E-state index contributed by atoms with van der Waals surface area (Å²) in [6.45, 7) is 12.2. The number of β-amino-alcohol motifs (C(OH)–C–C–N with tert-alkyl or cyclic N) is 1. The fourth-order valence-corrected chi connectivity index (χ4v) is 11.2. The van der Waals surface area contributed by atoms with E-state index in [0.717, 1.165) is 86.3 Å². The molecule has 5 aromatic rings. The number of piperazine rings is 1. The molecule has 2 unspecified atom stereocenters. The number of rotatable bonds is 25. The number of nitrogens with one attached hydrogen (secondary N) is 3. The van der Waals surface area contributed by atoms with E-state index in [1.165, 1.54) is 18.2 Å². The molecule has 0 aliphatic carbocycles. The number of anilines is 2. The van der Waals surface area contributed by atoms with E-state index in [-0.39, 0.29) is 49.6 Å². The van der Waals surface area contributed by atoms with E-state index in [0.29, 0.717) is 87.7 Å². The Kier molecular flexibility index (Phi) is 21.4. The number of carbonyl (C=O) groups is 4. The van der Waals surface area contributed by atoms with Crippen molar-refractivity contribution in [2.45, 2.75) is 123 Å². The molecule has 2 aromatic heterocycles. The molecule has 0 saturated carbocycles. The van der Waals surface area contributed by atoms with Gasteiger partial charge in [-0.3, -0.25) is 29.1 Å². The largest absolute Gasteiger partial charge is 0.495 e. The molecule has 2 aliphatic rings. The van der Waals surface area contributed by atoms with Crippen molar-refractivity contribution in [2.24, 2.45) is 5.41 Å². The van der Waals surface area contributed by atoms with E-state index in [9.17, 15) is 29.5 Å². The van der Waals surface area contributed by atoms with Gasteiger partial charge >= 0.3 is 0 Å². The number of aromatic nitrogens is 2. The third-order valence-electron chi connectivity index (χ3n) is 14.4. The second-order valence-corrected chi connectivity index (χ2v) is 22.8. The Morgan fingerprint density at radius 3 is 2.22 bits per heavy atom. The maximum absolute atomic E-state index is 14.0. The number of fused-ring (bicyclic) bond motifs is 1. The lowest BCUT2D eigenvalue weighted by molar-refractivity contribution is -0.144. The molecule has 17 nitrogen and oxygen atoms in total. The number of carbonyl (C=O) groups excluding carboxylic acids is 4. The zero-order valence-corrected chi connectivity index (χ0v) is 47.9. The van der Waals surface area contributed by atoms with Crippen molar-refractivity contribution in [3.05, 3.63) is 87.1 Å². The molecular weight excluding hydrogens is 1050 g/mol. The van der Waals surface area contributed by atoms with E-state index in [2.05, 4.69) is 36.9 Å². The number of ether oxygens (including phenoxy) is 3. The van der Waals surface area contributed by atoms with Crippen molar-refractivity contribution in [3.8, 4) is 33.8 Å².